The summed E-state index contributed by atoms with van der Waals surface area (Å²) >= 11 is 0. The van der Waals surface area contributed by atoms with Gasteiger partial charge in [-0.1, -0.05) is 19.8 Å². The molecule has 138 valence electrons. The first-order chi connectivity index (χ1) is 11.5. The number of amides is 1. The Hall–Kier alpha value is -0.610. The van der Waals surface area contributed by atoms with Gasteiger partial charge in [0, 0.05) is 18.6 Å². The monoisotopic (exact) mass is 336 g/mol. The predicted molar refractivity (Wildman–Crippen MR) is 96.7 cm³/mol. The molecular formula is C20H36N2O2. The Morgan fingerprint density at radius 2 is 1.62 bits per heavy atom. The summed E-state index contributed by atoms with van der Waals surface area (Å²) in [6.45, 7) is 6.10. The van der Waals surface area contributed by atoms with Crippen LogP contribution in [0, 0.1) is 11.8 Å². The number of piperidine rings is 1. The molecule has 4 heteroatoms. The average Bonchev–Trinajstić information content (AvgIpc) is 2.57. The maximum absolute atomic E-state index is 12.9. The topological polar surface area (TPSA) is 55.6 Å². The number of carbonyl (C=O) groups is 1. The highest BCUT2D eigenvalue weighted by Crippen LogP contribution is 2.34. The van der Waals surface area contributed by atoms with Gasteiger partial charge in [-0.25, -0.2) is 0 Å². The van der Waals surface area contributed by atoms with Gasteiger partial charge in [0.25, 0.3) is 0 Å². The van der Waals surface area contributed by atoms with E-state index in [9.17, 15) is 4.79 Å². The van der Waals surface area contributed by atoms with E-state index >= 15 is 0 Å². The molecule has 2 saturated carbocycles. The molecule has 4 nitrogen and oxygen atoms in total. The van der Waals surface area contributed by atoms with Crippen molar-refractivity contribution in [2.75, 3.05) is 13.1 Å². The summed E-state index contributed by atoms with van der Waals surface area (Å²) < 4.78 is 6.33. The molecule has 0 aromatic rings. The van der Waals surface area contributed by atoms with E-state index in [2.05, 4.69) is 18.7 Å². The van der Waals surface area contributed by atoms with Crippen LogP contribution in [0.25, 0.3) is 0 Å². The van der Waals surface area contributed by atoms with E-state index in [0.29, 0.717) is 18.1 Å². The summed E-state index contributed by atoms with van der Waals surface area (Å²) in [6.07, 6.45) is 12.1. The molecular weight excluding hydrogens is 300 g/mol. The van der Waals surface area contributed by atoms with Crippen LogP contribution in [0.3, 0.4) is 0 Å². The van der Waals surface area contributed by atoms with Crippen LogP contribution in [0.1, 0.15) is 78.1 Å². The van der Waals surface area contributed by atoms with Gasteiger partial charge in [-0.2, -0.15) is 0 Å². The van der Waals surface area contributed by atoms with Crippen molar-refractivity contribution >= 4 is 5.91 Å². The molecule has 0 spiro atoms. The van der Waals surface area contributed by atoms with Crippen LogP contribution in [-0.4, -0.2) is 41.6 Å². The van der Waals surface area contributed by atoms with Crippen molar-refractivity contribution < 1.29 is 9.53 Å². The second-order valence-electron chi connectivity index (χ2n) is 8.85. The first-order valence-corrected chi connectivity index (χ1v) is 10.2. The molecule has 1 saturated heterocycles. The molecule has 1 heterocycles. The molecule has 3 fully saturated rings. The summed E-state index contributed by atoms with van der Waals surface area (Å²) in [5.74, 6) is 1.18. The molecule has 2 aliphatic carbocycles. The number of ether oxygens (including phenoxy) is 1. The highest BCUT2D eigenvalue weighted by Gasteiger charge is 2.40. The Bertz CT molecular complexity index is 421. The van der Waals surface area contributed by atoms with Crippen molar-refractivity contribution in [3.05, 3.63) is 0 Å². The summed E-state index contributed by atoms with van der Waals surface area (Å²) in [7, 11) is 0. The van der Waals surface area contributed by atoms with Gasteiger partial charge >= 0.3 is 0 Å². The number of nitrogens with zero attached hydrogens (tertiary/aromatic N) is 1. The fourth-order valence-electron chi connectivity index (χ4n) is 4.83. The number of carbonyl (C=O) groups excluding carboxylic acids is 1. The third-order valence-electron chi connectivity index (χ3n) is 6.65. The number of nitrogens with two attached hydrogens (primary N) is 1. The maximum atomic E-state index is 12.9. The summed E-state index contributed by atoms with van der Waals surface area (Å²) in [4.78, 5) is 15.0. The third kappa shape index (κ3) is 4.32. The zero-order chi connectivity index (χ0) is 17.2. The van der Waals surface area contributed by atoms with Crippen LogP contribution in [0.4, 0.5) is 0 Å². The highest BCUT2D eigenvalue weighted by molar-refractivity contribution is 5.80. The smallest absolute Gasteiger partial charge is 0.227 e. The van der Waals surface area contributed by atoms with Gasteiger partial charge in [-0.3, -0.25) is 4.79 Å². The van der Waals surface area contributed by atoms with Crippen molar-refractivity contribution in [2.24, 2.45) is 17.6 Å². The Morgan fingerprint density at radius 3 is 2.25 bits per heavy atom. The molecule has 0 aromatic carbocycles. The zero-order valence-electron chi connectivity index (χ0n) is 15.6. The fourth-order valence-corrected chi connectivity index (χ4v) is 4.83. The first-order valence-electron chi connectivity index (χ1n) is 10.2. The first kappa shape index (κ1) is 18.2. The average molecular weight is 337 g/mol. The zero-order valence-corrected chi connectivity index (χ0v) is 15.6. The number of likely N-dealkylation sites (tertiary alicyclic amines) is 1. The van der Waals surface area contributed by atoms with Crippen molar-refractivity contribution in [3.8, 4) is 0 Å². The number of hydrogen-bond donors (Lipinski definition) is 1. The van der Waals surface area contributed by atoms with Gasteiger partial charge in [0.05, 0.1) is 18.1 Å². The Balaban J connectivity index is 1.45. The molecule has 1 amide bonds. The van der Waals surface area contributed by atoms with Crippen LogP contribution in [-0.2, 0) is 9.53 Å². The largest absolute Gasteiger partial charge is 0.375 e. The minimum Gasteiger partial charge on any atom is -0.375 e. The molecule has 2 atom stereocenters. The lowest BCUT2D eigenvalue weighted by atomic mass is 9.74. The van der Waals surface area contributed by atoms with Gasteiger partial charge < -0.3 is 15.4 Å². The van der Waals surface area contributed by atoms with Gasteiger partial charge in [-0.15, -0.1) is 0 Å². The van der Waals surface area contributed by atoms with Crippen LogP contribution in [0.15, 0.2) is 0 Å². The maximum Gasteiger partial charge on any atom is 0.227 e. The lowest BCUT2D eigenvalue weighted by molar-refractivity contribution is -0.142. The number of rotatable bonds is 3. The predicted octanol–water partition coefficient (Wildman–Crippen LogP) is 3.48. The molecule has 0 radical (unpaired) electrons. The molecule has 24 heavy (non-hydrogen) atoms. The Morgan fingerprint density at radius 1 is 1.00 bits per heavy atom. The van der Waals surface area contributed by atoms with Crippen molar-refractivity contribution in [2.45, 2.75) is 95.8 Å². The SMILES string of the molecule is CC1CCC(OC2CCN(C(=O)C3CCCCC3(C)N)CC2)CC1. The second kappa shape index (κ2) is 7.74. The van der Waals surface area contributed by atoms with Crippen LogP contribution in [0.5, 0.6) is 0 Å². The van der Waals surface area contributed by atoms with Crippen LogP contribution >= 0.6 is 0 Å². The summed E-state index contributed by atoms with van der Waals surface area (Å²) in [5.41, 5.74) is 6.10. The van der Waals surface area contributed by atoms with Crippen molar-refractivity contribution in [1.29, 1.82) is 0 Å². The normalized spacial score (nSPS) is 39.0. The van der Waals surface area contributed by atoms with Gasteiger partial charge in [-0.05, 0) is 64.2 Å². The lowest BCUT2D eigenvalue weighted by Gasteiger charge is -2.42. The molecule has 2 unspecified atom stereocenters. The van der Waals surface area contributed by atoms with Crippen molar-refractivity contribution in [3.63, 3.8) is 0 Å². The van der Waals surface area contributed by atoms with Gasteiger partial charge in [0.2, 0.25) is 5.91 Å². The number of hydrogen-bond acceptors (Lipinski definition) is 3. The minimum atomic E-state index is -0.318. The van der Waals surface area contributed by atoms with E-state index < -0.39 is 0 Å². The molecule has 3 aliphatic rings. The fraction of sp³-hybridized carbons (Fsp3) is 0.950. The standard InChI is InChI=1S/C20H36N2O2/c1-15-6-8-16(9-7-15)24-17-10-13-22(14-11-17)19(23)18-5-3-4-12-20(18,2)21/h15-18H,3-14,21H2,1-2H3. The molecule has 3 rings (SSSR count). The van der Waals surface area contributed by atoms with Crippen molar-refractivity contribution in [1.82, 2.24) is 4.90 Å². The van der Waals surface area contributed by atoms with Crippen LogP contribution < -0.4 is 5.73 Å². The molecule has 2 N–H and O–H groups in total. The van der Waals surface area contributed by atoms with E-state index in [4.69, 9.17) is 10.5 Å². The molecule has 0 aromatic heterocycles. The minimum absolute atomic E-state index is 0.0172. The third-order valence-corrected chi connectivity index (χ3v) is 6.65. The highest BCUT2D eigenvalue weighted by atomic mass is 16.5. The lowest BCUT2D eigenvalue weighted by Crippen LogP contribution is -2.55. The van der Waals surface area contributed by atoms with E-state index in [1.165, 1.54) is 25.7 Å². The Kier molecular flexibility index (Phi) is 5.86. The summed E-state index contributed by atoms with van der Waals surface area (Å²) in [6, 6.07) is 0. The van der Waals surface area contributed by atoms with Gasteiger partial charge in [0.1, 0.15) is 0 Å². The van der Waals surface area contributed by atoms with E-state index in [1.54, 1.807) is 0 Å². The Labute approximate surface area is 147 Å². The molecule has 1 aliphatic heterocycles. The quantitative estimate of drug-likeness (QED) is 0.858. The van der Waals surface area contributed by atoms with Gasteiger partial charge in [0.15, 0.2) is 0 Å². The second-order valence-corrected chi connectivity index (χ2v) is 8.85. The van der Waals surface area contributed by atoms with E-state index in [-0.39, 0.29) is 11.5 Å². The summed E-state index contributed by atoms with van der Waals surface area (Å²) in [5, 5.41) is 0. The van der Waals surface area contributed by atoms with E-state index in [0.717, 1.165) is 57.5 Å². The molecule has 0 bridgehead atoms. The van der Waals surface area contributed by atoms with E-state index in [1.807, 2.05) is 0 Å². The van der Waals surface area contributed by atoms with Crippen LogP contribution in [0.2, 0.25) is 0 Å².